The van der Waals surface area contributed by atoms with E-state index in [1.807, 2.05) is 31.2 Å². The molecule has 8 heteroatoms. The molecular weight excluding hydrogens is 436 g/mol. The molecule has 4 atom stereocenters. The standard InChI is InChI=1S/C26H34N2O6/c1-16-23(28-25(34-16)18-7-4-9-20(13-18)32-2)15-33-14-17-6-3-8-19(12-17)27-24(29)21-10-5-11-22(21)26(30)31/h4,7,9,13,17,19,21-22H,3,5-6,8,10-12,14-15H2,1-2H3,(H,27,29)(H,30,31). The molecular formula is C26H34N2O6. The molecule has 2 aliphatic carbocycles. The van der Waals surface area contributed by atoms with Crippen LogP contribution in [0.1, 0.15) is 56.4 Å². The van der Waals surface area contributed by atoms with Crippen LogP contribution in [-0.2, 0) is 20.9 Å². The summed E-state index contributed by atoms with van der Waals surface area (Å²) in [5, 5.41) is 12.5. The first-order chi connectivity index (χ1) is 16.4. The van der Waals surface area contributed by atoms with E-state index < -0.39 is 17.8 Å². The number of aliphatic carboxylic acids is 1. The molecule has 0 saturated heterocycles. The Bertz CT molecular complexity index is 1000. The molecule has 184 valence electrons. The maximum absolute atomic E-state index is 12.7. The normalized spacial score (nSPS) is 24.6. The van der Waals surface area contributed by atoms with Gasteiger partial charge < -0.3 is 24.3 Å². The molecule has 2 saturated carbocycles. The maximum Gasteiger partial charge on any atom is 0.307 e. The van der Waals surface area contributed by atoms with Crippen LogP contribution in [0, 0.1) is 24.7 Å². The van der Waals surface area contributed by atoms with Crippen molar-refractivity contribution >= 4 is 11.9 Å². The third kappa shape index (κ3) is 5.78. The largest absolute Gasteiger partial charge is 0.497 e. The van der Waals surface area contributed by atoms with Gasteiger partial charge in [0, 0.05) is 18.2 Å². The van der Waals surface area contributed by atoms with Crippen LogP contribution >= 0.6 is 0 Å². The summed E-state index contributed by atoms with van der Waals surface area (Å²) in [6.07, 6.45) is 5.92. The van der Waals surface area contributed by atoms with E-state index >= 15 is 0 Å². The van der Waals surface area contributed by atoms with Crippen molar-refractivity contribution in [3.63, 3.8) is 0 Å². The quantitative estimate of drug-likeness (QED) is 0.560. The Kier molecular flexibility index (Phi) is 7.88. The Hall–Kier alpha value is -2.87. The molecule has 1 amide bonds. The summed E-state index contributed by atoms with van der Waals surface area (Å²) in [5.41, 5.74) is 1.63. The Balaban J connectivity index is 1.26. The van der Waals surface area contributed by atoms with Gasteiger partial charge in [0.05, 0.1) is 25.6 Å². The summed E-state index contributed by atoms with van der Waals surface area (Å²) in [6.45, 7) is 2.85. The number of carboxylic acids is 1. The van der Waals surface area contributed by atoms with Crippen LogP contribution in [-0.4, -0.2) is 41.7 Å². The number of hydrogen-bond donors (Lipinski definition) is 2. The Morgan fingerprint density at radius 3 is 2.76 bits per heavy atom. The van der Waals surface area contributed by atoms with E-state index in [0.29, 0.717) is 37.9 Å². The van der Waals surface area contributed by atoms with Crippen LogP contribution in [0.3, 0.4) is 0 Å². The van der Waals surface area contributed by atoms with Crippen molar-refractivity contribution in [3.05, 3.63) is 35.7 Å². The highest BCUT2D eigenvalue weighted by molar-refractivity contribution is 5.85. The zero-order valence-corrected chi connectivity index (χ0v) is 19.9. The molecule has 0 radical (unpaired) electrons. The van der Waals surface area contributed by atoms with Crippen LogP contribution in [0.5, 0.6) is 5.75 Å². The minimum absolute atomic E-state index is 0.0818. The number of aromatic nitrogens is 1. The van der Waals surface area contributed by atoms with E-state index in [9.17, 15) is 14.7 Å². The number of carbonyl (C=O) groups excluding carboxylic acids is 1. The predicted molar refractivity (Wildman–Crippen MR) is 125 cm³/mol. The lowest BCUT2D eigenvalue weighted by Gasteiger charge is -2.30. The van der Waals surface area contributed by atoms with Gasteiger partial charge in [-0.2, -0.15) is 0 Å². The monoisotopic (exact) mass is 470 g/mol. The number of rotatable bonds is 9. The minimum Gasteiger partial charge on any atom is -0.497 e. The van der Waals surface area contributed by atoms with Crippen molar-refractivity contribution in [2.24, 2.45) is 17.8 Å². The van der Waals surface area contributed by atoms with Crippen LogP contribution in [0.2, 0.25) is 0 Å². The first-order valence-electron chi connectivity index (χ1n) is 12.2. The number of aryl methyl sites for hydroxylation is 1. The number of nitrogens with zero attached hydrogens (tertiary/aromatic N) is 1. The molecule has 0 spiro atoms. The molecule has 0 bridgehead atoms. The van der Waals surface area contributed by atoms with Crippen molar-refractivity contribution in [3.8, 4) is 17.2 Å². The van der Waals surface area contributed by atoms with Crippen LogP contribution in [0.4, 0.5) is 0 Å². The average molecular weight is 471 g/mol. The van der Waals surface area contributed by atoms with Gasteiger partial charge in [-0.3, -0.25) is 9.59 Å². The number of hydrogen-bond acceptors (Lipinski definition) is 6. The van der Waals surface area contributed by atoms with Gasteiger partial charge in [0.2, 0.25) is 11.8 Å². The van der Waals surface area contributed by atoms with Gasteiger partial charge in [0.1, 0.15) is 17.2 Å². The van der Waals surface area contributed by atoms with E-state index in [1.165, 1.54) is 0 Å². The summed E-state index contributed by atoms with van der Waals surface area (Å²) >= 11 is 0. The Morgan fingerprint density at radius 2 is 1.97 bits per heavy atom. The lowest BCUT2D eigenvalue weighted by Crippen LogP contribution is -2.43. The molecule has 4 rings (SSSR count). The average Bonchev–Trinajstić information content (AvgIpc) is 3.47. The molecule has 34 heavy (non-hydrogen) atoms. The van der Waals surface area contributed by atoms with Gasteiger partial charge in [-0.15, -0.1) is 0 Å². The molecule has 2 fully saturated rings. The van der Waals surface area contributed by atoms with Crippen molar-refractivity contribution in [1.29, 1.82) is 0 Å². The molecule has 1 aromatic carbocycles. The molecule has 1 heterocycles. The first kappa shape index (κ1) is 24.3. The second-order valence-corrected chi connectivity index (χ2v) is 9.49. The first-order valence-corrected chi connectivity index (χ1v) is 12.2. The second kappa shape index (κ2) is 11.0. The highest BCUT2D eigenvalue weighted by atomic mass is 16.5. The molecule has 1 aromatic heterocycles. The zero-order valence-electron chi connectivity index (χ0n) is 19.9. The summed E-state index contributed by atoms with van der Waals surface area (Å²) in [7, 11) is 1.63. The summed E-state index contributed by atoms with van der Waals surface area (Å²) in [5.74, 6) is 0.473. The smallest absolute Gasteiger partial charge is 0.307 e. The third-order valence-electron chi connectivity index (χ3n) is 7.10. The fourth-order valence-electron chi connectivity index (χ4n) is 5.21. The second-order valence-electron chi connectivity index (χ2n) is 9.49. The molecule has 2 aromatic rings. The van der Waals surface area contributed by atoms with Crippen molar-refractivity contribution in [2.75, 3.05) is 13.7 Å². The van der Waals surface area contributed by atoms with Gasteiger partial charge in [0.25, 0.3) is 0 Å². The summed E-state index contributed by atoms with van der Waals surface area (Å²) in [6, 6.07) is 7.67. The highest BCUT2D eigenvalue weighted by Crippen LogP contribution is 2.33. The molecule has 4 unspecified atom stereocenters. The highest BCUT2D eigenvalue weighted by Gasteiger charge is 2.38. The molecule has 2 N–H and O–H groups in total. The number of carbonyl (C=O) groups is 2. The topological polar surface area (TPSA) is 111 Å². The Labute approximate surface area is 200 Å². The number of benzene rings is 1. The fraction of sp³-hybridized carbons (Fsp3) is 0.577. The number of amides is 1. The van der Waals surface area contributed by atoms with Gasteiger partial charge >= 0.3 is 5.97 Å². The predicted octanol–water partition coefficient (Wildman–Crippen LogP) is 4.35. The van der Waals surface area contributed by atoms with Gasteiger partial charge in [-0.1, -0.05) is 18.9 Å². The molecule has 8 nitrogen and oxygen atoms in total. The molecule has 2 aliphatic rings. The fourth-order valence-corrected chi connectivity index (χ4v) is 5.21. The van der Waals surface area contributed by atoms with Crippen molar-refractivity contribution in [1.82, 2.24) is 10.3 Å². The van der Waals surface area contributed by atoms with E-state index in [2.05, 4.69) is 10.3 Å². The van der Waals surface area contributed by atoms with E-state index in [4.69, 9.17) is 13.9 Å². The number of ether oxygens (including phenoxy) is 2. The number of carboxylic acid groups (broad SMARTS) is 1. The van der Waals surface area contributed by atoms with Crippen LogP contribution < -0.4 is 10.1 Å². The lowest BCUT2D eigenvalue weighted by atomic mass is 9.85. The third-order valence-corrected chi connectivity index (χ3v) is 7.10. The van der Waals surface area contributed by atoms with Crippen molar-refractivity contribution < 1.29 is 28.6 Å². The lowest BCUT2D eigenvalue weighted by molar-refractivity contribution is -0.146. The number of nitrogens with one attached hydrogen (secondary N) is 1. The Morgan fingerprint density at radius 1 is 1.18 bits per heavy atom. The van der Waals surface area contributed by atoms with Gasteiger partial charge in [-0.05, 0) is 63.1 Å². The van der Waals surface area contributed by atoms with Crippen LogP contribution in [0.15, 0.2) is 28.7 Å². The summed E-state index contributed by atoms with van der Waals surface area (Å²) < 4.78 is 17.1. The van der Waals surface area contributed by atoms with Crippen LogP contribution in [0.25, 0.3) is 11.5 Å². The van der Waals surface area contributed by atoms with E-state index in [1.54, 1.807) is 7.11 Å². The van der Waals surface area contributed by atoms with Crippen molar-refractivity contribution in [2.45, 2.75) is 64.5 Å². The minimum atomic E-state index is -0.856. The number of methoxy groups -OCH3 is 1. The molecule has 0 aliphatic heterocycles. The van der Waals surface area contributed by atoms with E-state index in [0.717, 1.165) is 54.9 Å². The SMILES string of the molecule is COc1cccc(-c2nc(COCC3CCCC(NC(=O)C4CCCC4C(=O)O)C3)c(C)o2)c1. The van der Waals surface area contributed by atoms with Gasteiger partial charge in [-0.25, -0.2) is 4.98 Å². The van der Waals surface area contributed by atoms with E-state index in [-0.39, 0.29) is 11.9 Å². The summed E-state index contributed by atoms with van der Waals surface area (Å²) in [4.78, 5) is 28.7. The maximum atomic E-state index is 12.7. The number of oxazole rings is 1. The zero-order chi connectivity index (χ0) is 24.1. The van der Waals surface area contributed by atoms with Gasteiger partial charge in [0.15, 0.2) is 0 Å².